The first-order valence-corrected chi connectivity index (χ1v) is 5.98. The number of hydrogen-bond donors (Lipinski definition) is 2. The first-order valence-electron chi connectivity index (χ1n) is 5.61. The minimum absolute atomic E-state index is 0.0820. The average molecular weight is 256 g/mol. The summed E-state index contributed by atoms with van der Waals surface area (Å²) >= 11 is 5.96. The van der Waals surface area contributed by atoms with Gasteiger partial charge in [-0.2, -0.15) is 0 Å². The number of rotatable bonds is 4. The Morgan fingerprint density at radius 3 is 2.53 bits per heavy atom. The van der Waals surface area contributed by atoms with E-state index in [-0.39, 0.29) is 17.6 Å². The van der Waals surface area contributed by atoms with Crippen LogP contribution in [0.3, 0.4) is 0 Å². The smallest absolute Gasteiger partial charge is 0.271 e. The normalized spacial score (nSPS) is 12.4. The summed E-state index contributed by atoms with van der Waals surface area (Å²) in [5.41, 5.74) is 0.256. The molecule has 0 aliphatic heterocycles. The maximum absolute atomic E-state index is 12.0. The van der Waals surface area contributed by atoms with Crippen LogP contribution in [-0.2, 0) is 0 Å². The highest BCUT2D eigenvalue weighted by atomic mass is 35.5. The molecule has 1 unspecified atom stereocenters. The van der Waals surface area contributed by atoms with Crippen LogP contribution >= 0.6 is 11.6 Å². The predicted molar refractivity (Wildman–Crippen MR) is 70.6 cm³/mol. The molecule has 1 heterocycles. The summed E-state index contributed by atoms with van der Waals surface area (Å²) in [6.07, 6.45) is 0. The fourth-order valence-corrected chi connectivity index (χ4v) is 1.37. The van der Waals surface area contributed by atoms with Crippen molar-refractivity contribution >= 4 is 23.3 Å². The monoisotopic (exact) mass is 255 g/mol. The first-order chi connectivity index (χ1) is 7.95. The van der Waals surface area contributed by atoms with Gasteiger partial charge in [0.05, 0.1) is 5.02 Å². The number of carbonyl (C=O) groups is 1. The summed E-state index contributed by atoms with van der Waals surface area (Å²) in [7, 11) is 1.74. The molecule has 0 aliphatic carbocycles. The molecule has 1 aromatic heterocycles. The van der Waals surface area contributed by atoms with Crippen LogP contribution < -0.4 is 10.6 Å². The Morgan fingerprint density at radius 2 is 2.00 bits per heavy atom. The van der Waals surface area contributed by atoms with Crippen LogP contribution in [0.15, 0.2) is 12.1 Å². The zero-order valence-electron chi connectivity index (χ0n) is 10.5. The van der Waals surface area contributed by atoms with Gasteiger partial charge in [-0.3, -0.25) is 4.79 Å². The Kier molecular flexibility index (Phi) is 4.75. The fraction of sp³-hybridized carbons (Fsp3) is 0.500. The molecule has 0 aliphatic rings. The van der Waals surface area contributed by atoms with Gasteiger partial charge >= 0.3 is 0 Å². The van der Waals surface area contributed by atoms with Crippen molar-refractivity contribution in [3.05, 3.63) is 22.8 Å². The van der Waals surface area contributed by atoms with Gasteiger partial charge in [-0.15, -0.1) is 0 Å². The van der Waals surface area contributed by atoms with E-state index in [0.717, 1.165) is 0 Å². The van der Waals surface area contributed by atoms with E-state index in [4.69, 9.17) is 11.6 Å². The highest BCUT2D eigenvalue weighted by molar-refractivity contribution is 6.33. The van der Waals surface area contributed by atoms with E-state index in [1.54, 1.807) is 19.2 Å². The number of aromatic nitrogens is 1. The minimum Gasteiger partial charge on any atom is -0.373 e. The number of nitrogens with zero attached hydrogens (tertiary/aromatic N) is 1. The molecule has 0 saturated heterocycles. The Bertz CT molecular complexity index is 407. The molecule has 1 aromatic rings. The molecule has 17 heavy (non-hydrogen) atoms. The molecule has 1 rings (SSSR count). The van der Waals surface area contributed by atoms with Gasteiger partial charge in [-0.1, -0.05) is 25.4 Å². The molecule has 0 fully saturated rings. The van der Waals surface area contributed by atoms with Crippen molar-refractivity contribution in [2.45, 2.75) is 26.8 Å². The van der Waals surface area contributed by atoms with Gasteiger partial charge in [0, 0.05) is 13.1 Å². The van der Waals surface area contributed by atoms with Crippen molar-refractivity contribution in [1.29, 1.82) is 0 Å². The van der Waals surface area contributed by atoms with Crippen LogP contribution in [-0.4, -0.2) is 24.0 Å². The molecule has 94 valence electrons. The van der Waals surface area contributed by atoms with E-state index < -0.39 is 0 Å². The van der Waals surface area contributed by atoms with E-state index in [9.17, 15) is 4.79 Å². The van der Waals surface area contributed by atoms with Gasteiger partial charge < -0.3 is 10.6 Å². The lowest BCUT2D eigenvalue weighted by atomic mass is 10.1. The van der Waals surface area contributed by atoms with Crippen LogP contribution in [0, 0.1) is 5.92 Å². The third kappa shape index (κ3) is 3.60. The molecular formula is C12H18ClN3O. The van der Waals surface area contributed by atoms with Gasteiger partial charge in [0.15, 0.2) is 0 Å². The number of halogens is 1. The van der Waals surface area contributed by atoms with Gasteiger partial charge in [-0.25, -0.2) is 4.98 Å². The van der Waals surface area contributed by atoms with E-state index >= 15 is 0 Å². The van der Waals surface area contributed by atoms with E-state index in [1.165, 1.54) is 0 Å². The summed E-state index contributed by atoms with van der Waals surface area (Å²) < 4.78 is 0. The summed E-state index contributed by atoms with van der Waals surface area (Å²) in [6.45, 7) is 6.05. The average Bonchev–Trinajstić information content (AvgIpc) is 2.29. The van der Waals surface area contributed by atoms with Gasteiger partial charge in [0.2, 0.25) is 0 Å². The highest BCUT2D eigenvalue weighted by Gasteiger charge is 2.16. The second-order valence-electron chi connectivity index (χ2n) is 4.28. The lowest BCUT2D eigenvalue weighted by Gasteiger charge is -2.17. The van der Waals surface area contributed by atoms with Crippen molar-refractivity contribution in [3.63, 3.8) is 0 Å². The second kappa shape index (κ2) is 5.87. The molecule has 4 nitrogen and oxygen atoms in total. The van der Waals surface area contributed by atoms with Crippen molar-refractivity contribution in [2.24, 2.45) is 5.92 Å². The van der Waals surface area contributed by atoms with Crippen molar-refractivity contribution in [2.75, 3.05) is 12.4 Å². The van der Waals surface area contributed by atoms with Gasteiger partial charge in [0.1, 0.15) is 11.5 Å². The van der Waals surface area contributed by atoms with Gasteiger partial charge in [0.25, 0.3) is 5.91 Å². The van der Waals surface area contributed by atoms with E-state index in [2.05, 4.69) is 15.6 Å². The molecule has 2 N–H and O–H groups in total. The van der Waals surface area contributed by atoms with Crippen LogP contribution in [0.4, 0.5) is 5.82 Å². The van der Waals surface area contributed by atoms with Crippen LogP contribution in [0.1, 0.15) is 31.3 Å². The Labute approximate surface area is 107 Å². The number of nitrogens with one attached hydrogen (secondary N) is 2. The topological polar surface area (TPSA) is 54.0 Å². The largest absolute Gasteiger partial charge is 0.373 e. The number of pyridine rings is 1. The minimum atomic E-state index is -0.242. The molecule has 5 heteroatoms. The lowest BCUT2D eigenvalue weighted by molar-refractivity contribution is 0.0926. The van der Waals surface area contributed by atoms with Crippen molar-refractivity contribution in [1.82, 2.24) is 10.3 Å². The number of anilines is 1. The molecule has 1 atom stereocenters. The van der Waals surface area contributed by atoms with E-state index in [1.807, 2.05) is 20.8 Å². The fourth-order valence-electron chi connectivity index (χ4n) is 1.18. The highest BCUT2D eigenvalue weighted by Crippen LogP contribution is 2.16. The van der Waals surface area contributed by atoms with E-state index in [0.29, 0.717) is 16.8 Å². The maximum Gasteiger partial charge on any atom is 0.271 e. The summed E-state index contributed by atoms with van der Waals surface area (Å²) in [6, 6.07) is 3.47. The molecule has 0 radical (unpaired) electrons. The number of carbonyl (C=O) groups excluding carboxylic acids is 1. The third-order valence-corrected chi connectivity index (χ3v) is 2.98. The first kappa shape index (κ1) is 13.8. The molecular weight excluding hydrogens is 238 g/mol. The van der Waals surface area contributed by atoms with Crippen molar-refractivity contribution in [3.8, 4) is 0 Å². The summed E-state index contributed by atoms with van der Waals surface area (Å²) in [5, 5.41) is 6.11. The van der Waals surface area contributed by atoms with Crippen LogP contribution in [0.2, 0.25) is 5.02 Å². The lowest BCUT2D eigenvalue weighted by Crippen LogP contribution is -2.36. The van der Waals surface area contributed by atoms with Crippen LogP contribution in [0.5, 0.6) is 0 Å². The quantitative estimate of drug-likeness (QED) is 0.869. The third-order valence-electron chi connectivity index (χ3n) is 2.68. The molecule has 0 aromatic carbocycles. The summed E-state index contributed by atoms with van der Waals surface area (Å²) in [4.78, 5) is 16.1. The van der Waals surface area contributed by atoms with Gasteiger partial charge in [-0.05, 0) is 25.0 Å². The number of amides is 1. The Balaban J connectivity index is 2.88. The van der Waals surface area contributed by atoms with Crippen LogP contribution in [0.25, 0.3) is 0 Å². The SMILES string of the molecule is CNc1ccc(Cl)c(C(=O)NC(C)C(C)C)n1. The molecule has 0 bridgehead atoms. The Hall–Kier alpha value is -1.29. The zero-order chi connectivity index (χ0) is 13.0. The predicted octanol–water partition coefficient (Wildman–Crippen LogP) is 2.55. The number of hydrogen-bond acceptors (Lipinski definition) is 3. The summed E-state index contributed by atoms with van der Waals surface area (Å²) in [5.74, 6) is 0.746. The zero-order valence-corrected chi connectivity index (χ0v) is 11.3. The Morgan fingerprint density at radius 1 is 1.35 bits per heavy atom. The standard InChI is InChI=1S/C12H18ClN3O/c1-7(2)8(3)15-12(17)11-9(13)5-6-10(14-4)16-11/h5-8H,1-4H3,(H,14,16)(H,15,17). The second-order valence-corrected chi connectivity index (χ2v) is 4.69. The molecule has 0 saturated carbocycles. The van der Waals surface area contributed by atoms with Crippen molar-refractivity contribution < 1.29 is 4.79 Å². The molecule has 0 spiro atoms. The maximum atomic E-state index is 12.0. The molecule has 1 amide bonds.